The van der Waals surface area contributed by atoms with Crippen LogP contribution in [0.25, 0.3) is 0 Å². The molecule has 0 bridgehead atoms. The first-order valence-electron chi connectivity index (χ1n) is 5.13. The molecule has 0 radical (unpaired) electrons. The minimum absolute atomic E-state index is 0.173. The van der Waals surface area contributed by atoms with Crippen LogP contribution >= 0.6 is 0 Å². The quantitative estimate of drug-likeness (QED) is 0.496. The first kappa shape index (κ1) is 11.8. The van der Waals surface area contributed by atoms with E-state index in [1.165, 1.54) is 12.1 Å². The Kier molecular flexibility index (Phi) is 3.09. The van der Waals surface area contributed by atoms with Crippen molar-refractivity contribution in [2.75, 3.05) is 11.1 Å². The molecule has 18 heavy (non-hydrogen) atoms. The van der Waals surface area contributed by atoms with Crippen molar-refractivity contribution in [3.8, 4) is 0 Å². The van der Waals surface area contributed by atoms with Gasteiger partial charge < -0.3 is 11.1 Å². The van der Waals surface area contributed by atoms with Crippen LogP contribution in [-0.4, -0.2) is 4.92 Å². The Morgan fingerprint density at radius 1 is 1.22 bits per heavy atom. The lowest BCUT2D eigenvalue weighted by Crippen LogP contribution is -2.00. The molecule has 0 heterocycles. The molecule has 0 saturated carbocycles. The molecule has 0 aliphatic heterocycles. The Bertz CT molecular complexity index is 602. The third-order valence-corrected chi connectivity index (χ3v) is 2.34. The van der Waals surface area contributed by atoms with E-state index in [2.05, 4.69) is 5.32 Å². The second kappa shape index (κ2) is 4.70. The molecule has 0 fully saturated rings. The number of nitrogen functional groups attached to an aromatic ring is 1. The molecule has 0 aliphatic carbocycles. The van der Waals surface area contributed by atoms with Gasteiger partial charge in [-0.05, 0) is 24.3 Å². The standard InChI is InChI=1S/C12H10FN3O2/c13-10-5-2-6-11(16(17)18)12(10)15-9-4-1-3-8(14)7-9/h1-7,15H,14H2. The zero-order valence-electron chi connectivity index (χ0n) is 9.26. The van der Waals surface area contributed by atoms with E-state index in [9.17, 15) is 14.5 Å². The van der Waals surface area contributed by atoms with Crippen molar-refractivity contribution < 1.29 is 9.31 Å². The van der Waals surface area contributed by atoms with Gasteiger partial charge in [0.2, 0.25) is 0 Å². The normalized spacial score (nSPS) is 10.1. The summed E-state index contributed by atoms with van der Waals surface area (Å²) in [6.45, 7) is 0. The maximum Gasteiger partial charge on any atom is 0.295 e. The van der Waals surface area contributed by atoms with Crippen molar-refractivity contribution in [2.24, 2.45) is 0 Å². The predicted molar refractivity (Wildman–Crippen MR) is 67.2 cm³/mol. The zero-order chi connectivity index (χ0) is 13.1. The van der Waals surface area contributed by atoms with Crippen molar-refractivity contribution in [3.63, 3.8) is 0 Å². The molecule has 0 unspecified atom stereocenters. The highest BCUT2D eigenvalue weighted by Gasteiger charge is 2.17. The number of nitrogens with one attached hydrogen (secondary N) is 1. The first-order valence-corrected chi connectivity index (χ1v) is 5.13. The number of anilines is 3. The maximum absolute atomic E-state index is 13.6. The molecule has 5 nitrogen and oxygen atoms in total. The molecule has 0 spiro atoms. The molecule has 92 valence electrons. The van der Waals surface area contributed by atoms with Crippen LogP contribution < -0.4 is 11.1 Å². The van der Waals surface area contributed by atoms with Gasteiger partial charge in [-0.2, -0.15) is 0 Å². The van der Waals surface area contributed by atoms with E-state index in [4.69, 9.17) is 5.73 Å². The van der Waals surface area contributed by atoms with E-state index >= 15 is 0 Å². The number of nitrogens with two attached hydrogens (primary N) is 1. The largest absolute Gasteiger partial charge is 0.399 e. The predicted octanol–water partition coefficient (Wildman–Crippen LogP) is 3.06. The van der Waals surface area contributed by atoms with Crippen LogP contribution in [0.1, 0.15) is 0 Å². The second-order valence-corrected chi connectivity index (χ2v) is 3.64. The summed E-state index contributed by atoms with van der Waals surface area (Å²) in [6, 6.07) is 10.2. The molecule has 0 saturated heterocycles. The molecular weight excluding hydrogens is 237 g/mol. The fourth-order valence-electron chi connectivity index (χ4n) is 1.55. The van der Waals surface area contributed by atoms with Crippen LogP contribution in [0.5, 0.6) is 0 Å². The van der Waals surface area contributed by atoms with Crippen LogP contribution in [0, 0.1) is 15.9 Å². The summed E-state index contributed by atoms with van der Waals surface area (Å²) in [6.07, 6.45) is 0. The number of hydrogen-bond donors (Lipinski definition) is 2. The fourth-order valence-corrected chi connectivity index (χ4v) is 1.55. The van der Waals surface area contributed by atoms with Crippen molar-refractivity contribution in [1.82, 2.24) is 0 Å². The van der Waals surface area contributed by atoms with E-state index in [-0.39, 0.29) is 11.4 Å². The molecular formula is C12H10FN3O2. The average Bonchev–Trinajstić information content (AvgIpc) is 2.31. The summed E-state index contributed by atoms with van der Waals surface area (Å²) in [4.78, 5) is 10.2. The van der Waals surface area contributed by atoms with Gasteiger partial charge in [-0.15, -0.1) is 0 Å². The van der Waals surface area contributed by atoms with Crippen LogP contribution in [-0.2, 0) is 0 Å². The lowest BCUT2D eigenvalue weighted by atomic mass is 10.2. The Balaban J connectivity index is 2.42. The van der Waals surface area contributed by atoms with Crippen molar-refractivity contribution >= 4 is 22.7 Å². The molecule has 2 aromatic carbocycles. The van der Waals surface area contributed by atoms with Crippen molar-refractivity contribution in [1.29, 1.82) is 0 Å². The minimum Gasteiger partial charge on any atom is -0.399 e. The molecule has 0 aromatic heterocycles. The van der Waals surface area contributed by atoms with Gasteiger partial charge >= 0.3 is 0 Å². The van der Waals surface area contributed by atoms with Gasteiger partial charge in [0.1, 0.15) is 0 Å². The third kappa shape index (κ3) is 2.37. The second-order valence-electron chi connectivity index (χ2n) is 3.64. The molecule has 6 heteroatoms. The Morgan fingerprint density at radius 3 is 2.61 bits per heavy atom. The highest BCUT2D eigenvalue weighted by Crippen LogP contribution is 2.30. The van der Waals surface area contributed by atoms with Crippen molar-refractivity contribution in [2.45, 2.75) is 0 Å². The lowest BCUT2D eigenvalue weighted by Gasteiger charge is -2.08. The molecule has 0 amide bonds. The number of halogens is 1. The molecule has 0 atom stereocenters. The number of nitro benzene ring substituents is 1. The van der Waals surface area contributed by atoms with Gasteiger partial charge in [-0.25, -0.2) is 4.39 Å². The van der Waals surface area contributed by atoms with Crippen molar-refractivity contribution in [3.05, 3.63) is 58.4 Å². The summed E-state index contributed by atoms with van der Waals surface area (Å²) >= 11 is 0. The number of nitro groups is 1. The summed E-state index contributed by atoms with van der Waals surface area (Å²) in [5, 5.41) is 13.5. The molecule has 2 rings (SSSR count). The van der Waals surface area contributed by atoms with Gasteiger partial charge in [-0.3, -0.25) is 10.1 Å². The topological polar surface area (TPSA) is 81.2 Å². The number of benzene rings is 2. The molecule has 3 N–H and O–H groups in total. The summed E-state index contributed by atoms with van der Waals surface area (Å²) in [7, 11) is 0. The summed E-state index contributed by atoms with van der Waals surface area (Å²) < 4.78 is 13.6. The Labute approximate surface area is 102 Å². The number of rotatable bonds is 3. The van der Waals surface area contributed by atoms with E-state index < -0.39 is 10.7 Å². The number of para-hydroxylation sites is 1. The van der Waals surface area contributed by atoms with E-state index in [0.29, 0.717) is 11.4 Å². The Morgan fingerprint density at radius 2 is 1.94 bits per heavy atom. The van der Waals surface area contributed by atoms with Crippen LogP contribution in [0.4, 0.5) is 27.1 Å². The highest BCUT2D eigenvalue weighted by molar-refractivity contribution is 5.71. The fraction of sp³-hybridized carbons (Fsp3) is 0. The number of hydrogen-bond acceptors (Lipinski definition) is 4. The smallest absolute Gasteiger partial charge is 0.295 e. The average molecular weight is 247 g/mol. The van der Waals surface area contributed by atoms with Crippen LogP contribution in [0.3, 0.4) is 0 Å². The van der Waals surface area contributed by atoms with Crippen LogP contribution in [0.15, 0.2) is 42.5 Å². The number of nitrogens with zero attached hydrogens (tertiary/aromatic N) is 1. The summed E-state index contributed by atoms with van der Waals surface area (Å²) in [5.74, 6) is -0.688. The van der Waals surface area contributed by atoms with Crippen LogP contribution in [0.2, 0.25) is 0 Å². The van der Waals surface area contributed by atoms with Gasteiger partial charge in [0.25, 0.3) is 5.69 Å². The third-order valence-electron chi connectivity index (χ3n) is 2.34. The zero-order valence-corrected chi connectivity index (χ0v) is 9.26. The van der Waals surface area contributed by atoms with Gasteiger partial charge in [0, 0.05) is 17.4 Å². The van der Waals surface area contributed by atoms with E-state index in [1.807, 2.05) is 0 Å². The maximum atomic E-state index is 13.6. The monoisotopic (exact) mass is 247 g/mol. The highest BCUT2D eigenvalue weighted by atomic mass is 19.1. The van der Waals surface area contributed by atoms with Gasteiger partial charge in [-0.1, -0.05) is 12.1 Å². The van der Waals surface area contributed by atoms with E-state index in [0.717, 1.165) is 6.07 Å². The van der Waals surface area contributed by atoms with E-state index in [1.54, 1.807) is 24.3 Å². The van der Waals surface area contributed by atoms with Gasteiger partial charge in [0.15, 0.2) is 11.5 Å². The summed E-state index contributed by atoms with van der Waals surface area (Å²) in [5.41, 5.74) is 6.06. The van der Waals surface area contributed by atoms with Gasteiger partial charge in [0.05, 0.1) is 4.92 Å². The molecule has 2 aromatic rings. The first-order chi connectivity index (χ1) is 8.58. The lowest BCUT2D eigenvalue weighted by molar-refractivity contribution is -0.384. The Hall–Kier alpha value is -2.63. The SMILES string of the molecule is Nc1cccc(Nc2c(F)cccc2[N+](=O)[O-])c1. The molecule has 0 aliphatic rings. The minimum atomic E-state index is -0.688.